The molecule has 2 atom stereocenters. The first-order chi connectivity index (χ1) is 9.47. The van der Waals surface area contributed by atoms with E-state index in [0.717, 1.165) is 6.42 Å². The number of benzene rings is 1. The second-order valence-electron chi connectivity index (χ2n) is 5.37. The fourth-order valence-electron chi connectivity index (χ4n) is 2.42. The van der Waals surface area contributed by atoms with E-state index in [1.165, 1.54) is 18.2 Å². The van der Waals surface area contributed by atoms with Gasteiger partial charge in [0, 0.05) is 37.0 Å². The highest BCUT2D eigenvalue weighted by atomic mass is 19.1. The average molecular weight is 278 g/mol. The molecule has 0 aromatic heterocycles. The van der Waals surface area contributed by atoms with Crippen LogP contribution in [0.15, 0.2) is 24.3 Å². The molecule has 1 amide bonds. The summed E-state index contributed by atoms with van der Waals surface area (Å²) in [6.45, 7) is 2.90. The Morgan fingerprint density at radius 1 is 1.50 bits per heavy atom. The lowest BCUT2D eigenvalue weighted by atomic mass is 9.96. The van der Waals surface area contributed by atoms with Crippen LogP contribution >= 0.6 is 0 Å². The summed E-state index contributed by atoms with van der Waals surface area (Å²) in [6.07, 6.45) is 0.944. The fraction of sp³-hybridized carbons (Fsp3) is 0.467. The number of nitrogens with two attached hydrogens (primary N) is 1. The zero-order chi connectivity index (χ0) is 14.7. The summed E-state index contributed by atoms with van der Waals surface area (Å²) in [7, 11) is 0. The number of carbonyl (C=O) groups excluding carboxylic acids is 2. The highest BCUT2D eigenvalue weighted by Gasteiger charge is 2.26. The van der Waals surface area contributed by atoms with Crippen LogP contribution in [0.25, 0.3) is 0 Å². The molecule has 1 saturated heterocycles. The van der Waals surface area contributed by atoms with Crippen molar-refractivity contribution in [2.45, 2.75) is 25.8 Å². The van der Waals surface area contributed by atoms with Gasteiger partial charge in [0.2, 0.25) is 5.91 Å². The summed E-state index contributed by atoms with van der Waals surface area (Å²) in [4.78, 5) is 25.9. The van der Waals surface area contributed by atoms with Gasteiger partial charge in [-0.05, 0) is 18.6 Å². The highest BCUT2D eigenvalue weighted by molar-refractivity contribution is 5.99. The molecule has 0 spiro atoms. The van der Waals surface area contributed by atoms with Gasteiger partial charge in [-0.1, -0.05) is 19.1 Å². The number of rotatable bonds is 4. The van der Waals surface area contributed by atoms with Crippen molar-refractivity contribution < 1.29 is 14.0 Å². The number of halogens is 1. The van der Waals surface area contributed by atoms with Crippen LogP contribution in [-0.2, 0) is 4.79 Å². The number of carbonyl (C=O) groups is 2. The standard InChI is InChI=1S/C15H19FN2O2/c1-10(7-14(19)18-6-5-13(17)9-18)15(20)11-3-2-4-12(16)8-11/h2-4,8,10,13H,5-7,9,17H2,1H3/t10?,13-/m1/s1. The van der Waals surface area contributed by atoms with Crippen molar-refractivity contribution in [3.8, 4) is 0 Å². The fourth-order valence-corrected chi connectivity index (χ4v) is 2.42. The Bertz CT molecular complexity index is 518. The second kappa shape index (κ2) is 6.13. The van der Waals surface area contributed by atoms with Gasteiger partial charge in [-0.25, -0.2) is 4.39 Å². The van der Waals surface area contributed by atoms with Gasteiger partial charge in [0.25, 0.3) is 0 Å². The molecule has 0 radical (unpaired) electrons. The van der Waals surface area contributed by atoms with Gasteiger partial charge in [-0.2, -0.15) is 0 Å². The molecule has 0 saturated carbocycles. The number of likely N-dealkylation sites (tertiary alicyclic amines) is 1. The van der Waals surface area contributed by atoms with Gasteiger partial charge in [-0.15, -0.1) is 0 Å². The van der Waals surface area contributed by atoms with Crippen LogP contribution in [0.1, 0.15) is 30.1 Å². The van der Waals surface area contributed by atoms with Crippen molar-refractivity contribution in [2.24, 2.45) is 11.7 Å². The van der Waals surface area contributed by atoms with E-state index in [2.05, 4.69) is 0 Å². The number of ketones is 1. The van der Waals surface area contributed by atoms with Crippen molar-refractivity contribution >= 4 is 11.7 Å². The molecule has 0 bridgehead atoms. The molecule has 1 aromatic carbocycles. The van der Waals surface area contributed by atoms with Crippen LogP contribution in [0.4, 0.5) is 4.39 Å². The minimum absolute atomic E-state index is 0.0353. The Morgan fingerprint density at radius 3 is 2.85 bits per heavy atom. The molecule has 2 rings (SSSR count). The lowest BCUT2D eigenvalue weighted by Crippen LogP contribution is -2.33. The van der Waals surface area contributed by atoms with Crippen molar-refractivity contribution in [3.05, 3.63) is 35.6 Å². The summed E-state index contributed by atoms with van der Waals surface area (Å²) in [5.41, 5.74) is 6.07. The molecular weight excluding hydrogens is 259 g/mol. The summed E-state index contributed by atoms with van der Waals surface area (Å²) in [5.74, 6) is -1.17. The number of amides is 1. The molecule has 1 heterocycles. The van der Waals surface area contributed by atoms with Crippen LogP contribution in [0, 0.1) is 11.7 Å². The summed E-state index contributed by atoms with van der Waals surface area (Å²) < 4.78 is 13.1. The second-order valence-corrected chi connectivity index (χ2v) is 5.37. The molecule has 1 aromatic rings. The largest absolute Gasteiger partial charge is 0.341 e. The third-order valence-corrected chi connectivity index (χ3v) is 3.61. The lowest BCUT2D eigenvalue weighted by Gasteiger charge is -2.18. The third kappa shape index (κ3) is 3.42. The first kappa shape index (κ1) is 14.7. The molecule has 1 aliphatic heterocycles. The van der Waals surface area contributed by atoms with E-state index in [9.17, 15) is 14.0 Å². The Hall–Kier alpha value is -1.75. The molecule has 1 unspecified atom stereocenters. The predicted molar refractivity (Wildman–Crippen MR) is 73.7 cm³/mol. The number of Topliss-reactive ketones (excluding diaryl/α,β-unsaturated/α-hetero) is 1. The zero-order valence-electron chi connectivity index (χ0n) is 11.5. The quantitative estimate of drug-likeness (QED) is 0.851. The Kier molecular flexibility index (Phi) is 4.49. The molecular formula is C15H19FN2O2. The van der Waals surface area contributed by atoms with Gasteiger partial charge in [0.05, 0.1) is 0 Å². The van der Waals surface area contributed by atoms with Gasteiger partial charge < -0.3 is 10.6 Å². The van der Waals surface area contributed by atoms with E-state index in [1.54, 1.807) is 17.9 Å². The highest BCUT2D eigenvalue weighted by Crippen LogP contribution is 2.16. The maximum Gasteiger partial charge on any atom is 0.223 e. The molecule has 1 aliphatic rings. The van der Waals surface area contributed by atoms with E-state index >= 15 is 0 Å². The van der Waals surface area contributed by atoms with Gasteiger partial charge in [0.15, 0.2) is 5.78 Å². The maximum atomic E-state index is 13.1. The zero-order valence-corrected chi connectivity index (χ0v) is 11.5. The van der Waals surface area contributed by atoms with Gasteiger partial charge >= 0.3 is 0 Å². The minimum Gasteiger partial charge on any atom is -0.341 e. The molecule has 4 nitrogen and oxygen atoms in total. The Balaban J connectivity index is 1.96. The molecule has 5 heteroatoms. The van der Waals surface area contributed by atoms with Gasteiger partial charge in [0.1, 0.15) is 5.82 Å². The normalized spacial score (nSPS) is 19.9. The van der Waals surface area contributed by atoms with E-state index in [1.807, 2.05) is 0 Å². The molecule has 0 aliphatic carbocycles. The van der Waals surface area contributed by atoms with Crippen LogP contribution in [0.5, 0.6) is 0 Å². The van der Waals surface area contributed by atoms with Crippen LogP contribution in [0.2, 0.25) is 0 Å². The molecule has 2 N–H and O–H groups in total. The van der Waals surface area contributed by atoms with Crippen molar-refractivity contribution in [2.75, 3.05) is 13.1 Å². The molecule has 108 valence electrons. The monoisotopic (exact) mass is 278 g/mol. The van der Waals surface area contributed by atoms with E-state index in [0.29, 0.717) is 18.7 Å². The van der Waals surface area contributed by atoms with Crippen LogP contribution < -0.4 is 5.73 Å². The summed E-state index contributed by atoms with van der Waals surface area (Å²) in [6, 6.07) is 5.59. The first-order valence-electron chi connectivity index (χ1n) is 6.80. The van der Waals surface area contributed by atoms with E-state index in [-0.39, 0.29) is 24.2 Å². The topological polar surface area (TPSA) is 63.4 Å². The van der Waals surface area contributed by atoms with Crippen molar-refractivity contribution in [1.29, 1.82) is 0 Å². The third-order valence-electron chi connectivity index (χ3n) is 3.61. The Morgan fingerprint density at radius 2 is 2.25 bits per heavy atom. The lowest BCUT2D eigenvalue weighted by molar-refractivity contribution is -0.130. The van der Waals surface area contributed by atoms with Crippen LogP contribution in [-0.4, -0.2) is 35.7 Å². The minimum atomic E-state index is -0.457. The van der Waals surface area contributed by atoms with Crippen LogP contribution in [0.3, 0.4) is 0 Å². The predicted octanol–water partition coefficient (Wildman–Crippen LogP) is 1.59. The van der Waals surface area contributed by atoms with E-state index in [4.69, 9.17) is 5.73 Å². The average Bonchev–Trinajstić information content (AvgIpc) is 2.84. The SMILES string of the molecule is CC(CC(=O)N1CC[C@@H](N)C1)C(=O)c1cccc(F)c1. The Labute approximate surface area is 117 Å². The molecule has 20 heavy (non-hydrogen) atoms. The maximum absolute atomic E-state index is 13.1. The van der Waals surface area contributed by atoms with E-state index < -0.39 is 11.7 Å². The number of hydrogen-bond acceptors (Lipinski definition) is 3. The number of nitrogens with zero attached hydrogens (tertiary/aromatic N) is 1. The first-order valence-corrected chi connectivity index (χ1v) is 6.80. The summed E-state index contributed by atoms with van der Waals surface area (Å²) >= 11 is 0. The number of hydrogen-bond donors (Lipinski definition) is 1. The summed E-state index contributed by atoms with van der Waals surface area (Å²) in [5, 5.41) is 0. The van der Waals surface area contributed by atoms with Crippen molar-refractivity contribution in [3.63, 3.8) is 0 Å². The van der Waals surface area contributed by atoms with Crippen molar-refractivity contribution in [1.82, 2.24) is 4.90 Å². The van der Waals surface area contributed by atoms with Gasteiger partial charge in [-0.3, -0.25) is 9.59 Å². The molecule has 1 fully saturated rings. The smallest absolute Gasteiger partial charge is 0.223 e.